The van der Waals surface area contributed by atoms with Gasteiger partial charge in [-0.05, 0) is 106 Å². The third kappa shape index (κ3) is 9.59. The van der Waals surface area contributed by atoms with Gasteiger partial charge in [0.05, 0.1) is 5.58 Å². The summed E-state index contributed by atoms with van der Waals surface area (Å²) in [5.74, 6) is -0.626. The Morgan fingerprint density at radius 2 is 1.59 bits per heavy atom. The molecular weight excluding hydrogens is 863 g/mol. The molecule has 0 aliphatic carbocycles. The van der Waals surface area contributed by atoms with Crippen LogP contribution in [0.4, 0.5) is 0 Å². The van der Waals surface area contributed by atoms with Gasteiger partial charge < -0.3 is 14.4 Å². The van der Waals surface area contributed by atoms with Crippen molar-refractivity contribution >= 4 is 22.1 Å². The maximum atomic E-state index is 8.41. The van der Waals surface area contributed by atoms with Crippen LogP contribution >= 0.6 is 0 Å². The number of pyridine rings is 3. The summed E-state index contributed by atoms with van der Waals surface area (Å²) < 4.78 is 76.4. The van der Waals surface area contributed by atoms with Crippen LogP contribution in [0, 0.1) is 38.2 Å². The first-order chi connectivity index (χ1) is 29.9. The van der Waals surface area contributed by atoms with Crippen LogP contribution < -0.4 is 0 Å². The number of furan rings is 1. The van der Waals surface area contributed by atoms with E-state index in [0.717, 1.165) is 61.8 Å². The quantitative estimate of drug-likeness (QED) is 0.149. The first-order valence-corrected chi connectivity index (χ1v) is 18.3. The molecule has 4 nitrogen and oxygen atoms in total. The van der Waals surface area contributed by atoms with Gasteiger partial charge in [0.1, 0.15) is 0 Å². The maximum absolute atomic E-state index is 8.41. The Labute approximate surface area is 358 Å². The SMILES string of the molecule is [2H]C([2H])([2H])c1c[c-]c(-c2cc(-c3ccc(C([2H])([2H])C(C)(C)C)cc3)ccn2)cc1.[2H]C([2H])([2H])c1ccc2c(n1)oc1c(-c3cc(Cc4ccc(C([2H])(C)C)cc4)c(C)cn3)[c-]ccc12.[Ir]. The summed E-state index contributed by atoms with van der Waals surface area (Å²) in [6, 6.07) is 39.6. The molecule has 4 heterocycles. The van der Waals surface area contributed by atoms with Gasteiger partial charge in [0, 0.05) is 55.9 Å². The zero-order valence-corrected chi connectivity index (χ0v) is 34.7. The number of hydrogen-bond acceptors (Lipinski definition) is 4. The topological polar surface area (TPSA) is 51.8 Å². The molecule has 0 spiro atoms. The van der Waals surface area contributed by atoms with Gasteiger partial charge in [0.15, 0.2) is 0 Å². The third-order valence-electron chi connectivity index (χ3n) is 9.28. The molecule has 0 unspecified atom stereocenters. The minimum absolute atomic E-state index is 0. The first-order valence-electron chi connectivity index (χ1n) is 22.8. The number of rotatable bonds is 7. The third-order valence-corrected chi connectivity index (χ3v) is 9.28. The smallest absolute Gasteiger partial charge is 0.216 e. The fourth-order valence-corrected chi connectivity index (χ4v) is 6.40. The van der Waals surface area contributed by atoms with Crippen LogP contribution in [-0.2, 0) is 32.9 Å². The van der Waals surface area contributed by atoms with Gasteiger partial charge in [-0.15, -0.1) is 53.6 Å². The predicted molar refractivity (Wildman–Crippen MR) is 228 cm³/mol. The summed E-state index contributed by atoms with van der Waals surface area (Å²) in [5, 5.41) is 1.60. The molecule has 5 heteroatoms. The van der Waals surface area contributed by atoms with Crippen molar-refractivity contribution in [1.29, 1.82) is 0 Å². The summed E-state index contributed by atoms with van der Waals surface area (Å²) in [5.41, 5.74) is 10.4. The molecule has 8 rings (SSSR count). The average molecular weight is 921 g/mol. The molecule has 0 atom stereocenters. The second-order valence-corrected chi connectivity index (χ2v) is 15.0. The van der Waals surface area contributed by atoms with E-state index in [-0.39, 0.29) is 31.4 Å². The van der Waals surface area contributed by atoms with E-state index in [9.17, 15) is 0 Å². The van der Waals surface area contributed by atoms with Crippen LogP contribution in [0.5, 0.6) is 0 Å². The van der Waals surface area contributed by atoms with E-state index in [2.05, 4.69) is 45.3 Å². The maximum Gasteiger partial charge on any atom is 0.216 e. The molecule has 0 saturated carbocycles. The van der Waals surface area contributed by atoms with Gasteiger partial charge in [0.25, 0.3) is 0 Å². The molecule has 4 aromatic heterocycles. The van der Waals surface area contributed by atoms with E-state index in [1.165, 1.54) is 12.1 Å². The van der Waals surface area contributed by atoms with Crippen LogP contribution in [0.25, 0.3) is 55.7 Å². The Morgan fingerprint density at radius 3 is 2.29 bits per heavy atom. The van der Waals surface area contributed by atoms with Gasteiger partial charge in [0.2, 0.25) is 5.71 Å². The molecule has 4 aromatic carbocycles. The Bertz CT molecular complexity index is 2930. The van der Waals surface area contributed by atoms with Crippen molar-refractivity contribution in [3.8, 4) is 33.6 Å². The second kappa shape index (κ2) is 17.3. The van der Waals surface area contributed by atoms with Gasteiger partial charge in [-0.1, -0.05) is 113 Å². The molecule has 0 bridgehead atoms. The van der Waals surface area contributed by atoms with Crippen molar-refractivity contribution in [3.05, 3.63) is 173 Å². The first kappa shape index (κ1) is 30.0. The Morgan fingerprint density at radius 1 is 0.804 bits per heavy atom. The van der Waals surface area contributed by atoms with E-state index in [1.54, 1.807) is 24.4 Å². The monoisotopic (exact) mass is 921 g/mol. The largest absolute Gasteiger partial charge is 0.486 e. The summed E-state index contributed by atoms with van der Waals surface area (Å²) in [6.07, 6.45) is 2.86. The predicted octanol–water partition coefficient (Wildman–Crippen LogP) is 13.3. The number of nitrogens with zero attached hydrogens (tertiary/aromatic N) is 3. The van der Waals surface area contributed by atoms with Crippen LogP contribution in [0.2, 0.25) is 0 Å². The molecule has 8 aromatic rings. The average Bonchev–Trinajstić information content (AvgIpc) is 3.62. The van der Waals surface area contributed by atoms with Crippen molar-refractivity contribution in [2.24, 2.45) is 5.41 Å². The Balaban J connectivity index is 0.000000216. The van der Waals surface area contributed by atoms with E-state index >= 15 is 0 Å². The molecular formula is C51H49IrN3O-2. The molecule has 56 heavy (non-hydrogen) atoms. The van der Waals surface area contributed by atoms with Crippen molar-refractivity contribution < 1.29 is 36.9 Å². The molecule has 0 fully saturated rings. The molecule has 285 valence electrons. The Hall–Kier alpha value is -5.22. The zero-order valence-electron chi connectivity index (χ0n) is 41.3. The van der Waals surface area contributed by atoms with Gasteiger partial charge >= 0.3 is 0 Å². The zero-order chi connectivity index (χ0) is 46.4. The molecule has 0 aliphatic rings. The van der Waals surface area contributed by atoms with Gasteiger partial charge in [-0.3, -0.25) is 0 Å². The Kier molecular flexibility index (Phi) is 9.26. The van der Waals surface area contributed by atoms with Crippen molar-refractivity contribution in [2.75, 3.05) is 0 Å². The van der Waals surface area contributed by atoms with E-state index < -0.39 is 31.4 Å². The van der Waals surface area contributed by atoms with Crippen LogP contribution in [-0.4, -0.2) is 15.0 Å². The van der Waals surface area contributed by atoms with E-state index in [4.69, 9.17) is 16.8 Å². The van der Waals surface area contributed by atoms with Crippen LogP contribution in [0.3, 0.4) is 0 Å². The summed E-state index contributed by atoms with van der Waals surface area (Å²) >= 11 is 0. The fraction of sp³-hybridized carbons (Fsp3) is 0.235. The molecule has 0 aliphatic heterocycles. The van der Waals surface area contributed by atoms with Crippen molar-refractivity contribution in [3.63, 3.8) is 0 Å². The van der Waals surface area contributed by atoms with Crippen LogP contribution in [0.1, 0.15) is 91.9 Å². The van der Waals surface area contributed by atoms with E-state index in [0.29, 0.717) is 28.1 Å². The minimum Gasteiger partial charge on any atom is -0.486 e. The number of fused-ring (bicyclic) bond motifs is 3. The summed E-state index contributed by atoms with van der Waals surface area (Å²) in [4.78, 5) is 13.3. The normalized spacial score (nSPS) is 14.6. The van der Waals surface area contributed by atoms with Crippen LogP contribution in [0.15, 0.2) is 126 Å². The van der Waals surface area contributed by atoms with E-state index in [1.807, 2.05) is 108 Å². The molecule has 0 amide bonds. The number of aromatic nitrogens is 3. The van der Waals surface area contributed by atoms with Crippen molar-refractivity contribution in [2.45, 2.75) is 73.9 Å². The minimum atomic E-state index is -2.30. The standard InChI is InChI=1S/C28H25N2O.C23H24N.Ir/c1-17(2)21-11-9-20(10-12-21)14-22-15-26(29-16-18(22)3)25-7-5-6-23-24-13-8-19(4)30-28(24)31-27(23)25;1-17-5-9-20(10-6-17)22-15-21(13-14-24-22)19-11-7-18(8-12-19)16-23(2,3)4;/h5-6,8-13,15-17H,14H2,1-4H3;5-9,11-15H,16H2,1-4H3;/q2*-1;/i4D3,17D;1D3,16D2;. The number of aryl methyl sites for hydroxylation is 3. The number of hydrogen-bond donors (Lipinski definition) is 0. The summed E-state index contributed by atoms with van der Waals surface area (Å²) in [6.45, 7) is 7.04. The van der Waals surface area contributed by atoms with Crippen molar-refractivity contribution in [1.82, 2.24) is 15.0 Å². The molecule has 0 N–H and O–H groups in total. The second-order valence-electron chi connectivity index (χ2n) is 15.0. The fourth-order valence-electron chi connectivity index (χ4n) is 6.40. The molecule has 1 radical (unpaired) electrons. The van der Waals surface area contributed by atoms with Gasteiger partial charge in [-0.25, -0.2) is 4.98 Å². The molecule has 0 saturated heterocycles. The van der Waals surface area contributed by atoms with Gasteiger partial charge in [-0.2, -0.15) is 0 Å². The number of benzene rings is 4. The summed E-state index contributed by atoms with van der Waals surface area (Å²) in [7, 11) is 0.